The van der Waals surface area contributed by atoms with Crippen molar-refractivity contribution in [2.75, 3.05) is 6.61 Å². The van der Waals surface area contributed by atoms with Crippen molar-refractivity contribution < 1.29 is 18.7 Å². The highest BCUT2D eigenvalue weighted by atomic mass is 28.3. The second kappa shape index (κ2) is 10.8. The average Bonchev–Trinajstić information content (AvgIpc) is 2.99. The van der Waals surface area contributed by atoms with Crippen molar-refractivity contribution >= 4 is 30.6 Å². The van der Waals surface area contributed by atoms with Gasteiger partial charge in [-0.3, -0.25) is 0 Å². The quantitative estimate of drug-likeness (QED) is 0.318. The molecule has 1 aromatic carbocycles. The first kappa shape index (κ1) is 27.9. The zero-order valence-electron chi connectivity index (χ0n) is 23.0. The van der Waals surface area contributed by atoms with Gasteiger partial charge in [-0.15, -0.1) is 0 Å². The summed E-state index contributed by atoms with van der Waals surface area (Å²) >= 11 is 0. The third-order valence-corrected chi connectivity index (χ3v) is 8.28. The molecule has 0 unspecified atom stereocenters. The van der Waals surface area contributed by atoms with Gasteiger partial charge in [0, 0.05) is 43.3 Å². The summed E-state index contributed by atoms with van der Waals surface area (Å²) < 4.78 is 29.3. The SMILES string of the molecule is Cc1c(C)n(COCC[Si](C)(C)C)c2c(C#N)cc(F)c(C3=CCC[C@H](OC(=O)NC(C)(C)C)C3)c12. The first-order valence-corrected chi connectivity index (χ1v) is 16.4. The van der Waals surface area contributed by atoms with E-state index in [1.165, 1.54) is 6.07 Å². The second-order valence-corrected chi connectivity index (χ2v) is 17.6. The van der Waals surface area contributed by atoms with Crippen molar-refractivity contribution in [2.24, 2.45) is 0 Å². The summed E-state index contributed by atoms with van der Waals surface area (Å²) in [5, 5.41) is 13.4. The van der Waals surface area contributed by atoms with E-state index in [1.807, 2.05) is 45.3 Å². The molecule has 1 atom stereocenters. The molecule has 0 bridgehead atoms. The molecular weight excluding hydrogens is 473 g/mol. The van der Waals surface area contributed by atoms with Crippen molar-refractivity contribution in [3.63, 3.8) is 0 Å². The van der Waals surface area contributed by atoms with Gasteiger partial charge in [0.25, 0.3) is 0 Å². The Hall–Kier alpha value is -2.63. The van der Waals surface area contributed by atoms with Gasteiger partial charge in [0.15, 0.2) is 0 Å². The zero-order valence-corrected chi connectivity index (χ0v) is 24.0. The lowest BCUT2D eigenvalue weighted by Gasteiger charge is -2.27. The lowest BCUT2D eigenvalue weighted by Crippen LogP contribution is -2.42. The number of rotatable bonds is 7. The molecule has 0 radical (unpaired) electrons. The molecule has 36 heavy (non-hydrogen) atoms. The van der Waals surface area contributed by atoms with E-state index in [9.17, 15) is 10.1 Å². The molecule has 1 heterocycles. The Morgan fingerprint density at radius 1 is 1.31 bits per heavy atom. The van der Waals surface area contributed by atoms with E-state index in [2.05, 4.69) is 31.0 Å². The number of hydrogen-bond donors (Lipinski definition) is 1. The Balaban J connectivity index is 1.96. The van der Waals surface area contributed by atoms with Crippen LogP contribution in [0.25, 0.3) is 16.5 Å². The number of carbonyl (C=O) groups is 1. The lowest BCUT2D eigenvalue weighted by molar-refractivity contribution is 0.0876. The molecule has 0 fully saturated rings. The molecule has 1 N–H and O–H groups in total. The first-order chi connectivity index (χ1) is 16.7. The summed E-state index contributed by atoms with van der Waals surface area (Å²) in [6.07, 6.45) is 3.01. The number of aromatic nitrogens is 1. The minimum Gasteiger partial charge on any atom is -0.446 e. The molecule has 1 aliphatic carbocycles. The molecule has 0 saturated carbocycles. The Labute approximate surface area is 215 Å². The smallest absolute Gasteiger partial charge is 0.407 e. The summed E-state index contributed by atoms with van der Waals surface area (Å²) in [4.78, 5) is 12.3. The van der Waals surface area contributed by atoms with Gasteiger partial charge in [0.1, 0.15) is 24.7 Å². The number of allylic oxidation sites excluding steroid dienone is 1. The number of aryl methyl sites for hydroxylation is 1. The highest BCUT2D eigenvalue weighted by Crippen LogP contribution is 2.40. The summed E-state index contributed by atoms with van der Waals surface area (Å²) in [6.45, 7) is 17.5. The van der Waals surface area contributed by atoms with E-state index in [4.69, 9.17) is 9.47 Å². The number of hydrogen-bond acceptors (Lipinski definition) is 4. The van der Waals surface area contributed by atoms with Crippen molar-refractivity contribution in [1.82, 2.24) is 9.88 Å². The monoisotopic (exact) mass is 513 g/mol. The minimum absolute atomic E-state index is 0.296. The fraction of sp³-hybridized carbons (Fsp3) is 0.571. The van der Waals surface area contributed by atoms with E-state index in [0.29, 0.717) is 49.2 Å². The average molecular weight is 514 g/mol. The molecular formula is C28H40FN3O3Si. The topological polar surface area (TPSA) is 76.3 Å². The highest BCUT2D eigenvalue weighted by Gasteiger charge is 2.28. The summed E-state index contributed by atoms with van der Waals surface area (Å²) in [5.74, 6) is -0.426. The normalized spacial score (nSPS) is 16.6. The molecule has 6 nitrogen and oxygen atoms in total. The summed E-state index contributed by atoms with van der Waals surface area (Å²) in [7, 11) is -1.23. The van der Waals surface area contributed by atoms with E-state index in [-0.39, 0.29) is 6.10 Å². The van der Waals surface area contributed by atoms with E-state index in [1.54, 1.807) is 0 Å². The number of nitrogens with zero attached hydrogens (tertiary/aromatic N) is 2. The van der Waals surface area contributed by atoms with E-state index >= 15 is 4.39 Å². The molecule has 0 saturated heterocycles. The number of amides is 1. The number of benzene rings is 1. The maximum Gasteiger partial charge on any atom is 0.407 e. The van der Waals surface area contributed by atoms with Gasteiger partial charge in [-0.2, -0.15) is 5.26 Å². The Kier molecular flexibility index (Phi) is 8.36. The Morgan fingerprint density at radius 3 is 2.61 bits per heavy atom. The maximum atomic E-state index is 15.6. The fourth-order valence-corrected chi connectivity index (χ4v) is 5.35. The Morgan fingerprint density at radius 2 is 2.00 bits per heavy atom. The summed E-state index contributed by atoms with van der Waals surface area (Å²) in [5.41, 5.74) is 3.78. The number of carbonyl (C=O) groups excluding carboxylic acids is 1. The van der Waals surface area contributed by atoms with Crippen LogP contribution in [0.1, 0.15) is 62.4 Å². The number of alkyl carbamates (subject to hydrolysis) is 1. The van der Waals surface area contributed by atoms with Crippen LogP contribution < -0.4 is 5.32 Å². The second-order valence-electron chi connectivity index (χ2n) is 12.0. The molecule has 3 rings (SSSR count). The van der Waals surface area contributed by atoms with Gasteiger partial charge >= 0.3 is 6.09 Å². The number of nitrogens with one attached hydrogen (secondary N) is 1. The third-order valence-electron chi connectivity index (χ3n) is 6.58. The molecule has 8 heteroatoms. The van der Waals surface area contributed by atoms with Gasteiger partial charge in [0.2, 0.25) is 0 Å². The molecule has 196 valence electrons. The van der Waals surface area contributed by atoms with Crippen molar-refractivity contribution in [3.05, 3.63) is 40.3 Å². The van der Waals surface area contributed by atoms with Crippen molar-refractivity contribution in [3.8, 4) is 6.07 Å². The molecule has 2 aromatic rings. The highest BCUT2D eigenvalue weighted by molar-refractivity contribution is 6.76. The van der Waals surface area contributed by atoms with Crippen LogP contribution in [-0.4, -0.2) is 37.0 Å². The van der Waals surface area contributed by atoms with Crippen LogP contribution >= 0.6 is 0 Å². The van der Waals surface area contributed by atoms with Gasteiger partial charge in [-0.25, -0.2) is 9.18 Å². The number of nitriles is 1. The number of fused-ring (bicyclic) bond motifs is 1. The largest absolute Gasteiger partial charge is 0.446 e. The maximum absolute atomic E-state index is 15.6. The number of halogens is 1. The zero-order chi connectivity index (χ0) is 26.8. The minimum atomic E-state index is -1.23. The molecule has 0 spiro atoms. The van der Waals surface area contributed by atoms with Crippen molar-refractivity contribution in [1.29, 1.82) is 5.26 Å². The standard InChI is InChI=1S/C28H40FN3O3Si/c1-18-19(2)32(17-34-12-13-36(6,7)8)26-21(16-30)15-23(29)25(24(18)26)20-10-9-11-22(14-20)35-27(33)31-28(3,4)5/h10,15,22H,9,11-14,17H2,1-8H3,(H,31,33)/t22-/m0/s1. The van der Waals surface area contributed by atoms with Crippen LogP contribution in [0, 0.1) is 31.0 Å². The summed E-state index contributed by atoms with van der Waals surface area (Å²) in [6, 6.07) is 4.56. The van der Waals surface area contributed by atoms with Crippen molar-refractivity contribution in [2.45, 2.75) is 97.9 Å². The van der Waals surface area contributed by atoms with Crippen LogP contribution in [0.15, 0.2) is 12.1 Å². The fourth-order valence-electron chi connectivity index (χ4n) is 4.60. The lowest BCUT2D eigenvalue weighted by atomic mass is 9.88. The molecule has 1 aromatic heterocycles. The van der Waals surface area contributed by atoms with Crippen LogP contribution in [0.3, 0.4) is 0 Å². The van der Waals surface area contributed by atoms with Crippen LogP contribution in [0.5, 0.6) is 0 Å². The first-order valence-electron chi connectivity index (χ1n) is 12.7. The predicted octanol–water partition coefficient (Wildman–Crippen LogP) is 7.04. The van der Waals surface area contributed by atoms with Crippen LogP contribution in [-0.2, 0) is 16.2 Å². The number of ether oxygens (including phenoxy) is 2. The van der Waals surface area contributed by atoms with Crippen LogP contribution in [0.4, 0.5) is 9.18 Å². The van der Waals surface area contributed by atoms with E-state index in [0.717, 1.165) is 28.3 Å². The molecule has 1 aliphatic rings. The van der Waals surface area contributed by atoms with Gasteiger partial charge in [-0.05, 0) is 70.7 Å². The van der Waals surface area contributed by atoms with Gasteiger partial charge in [-0.1, -0.05) is 25.7 Å². The van der Waals surface area contributed by atoms with Gasteiger partial charge < -0.3 is 19.4 Å². The van der Waals surface area contributed by atoms with Crippen LogP contribution in [0.2, 0.25) is 25.7 Å². The van der Waals surface area contributed by atoms with E-state index < -0.39 is 25.5 Å². The Bertz CT molecular complexity index is 1210. The molecule has 1 amide bonds. The van der Waals surface area contributed by atoms with Gasteiger partial charge in [0.05, 0.1) is 11.1 Å². The predicted molar refractivity (Wildman–Crippen MR) is 145 cm³/mol. The third kappa shape index (κ3) is 6.57. The molecule has 0 aliphatic heterocycles.